The van der Waals surface area contributed by atoms with Gasteiger partial charge in [0, 0.05) is 12.5 Å². The Kier molecular flexibility index (Phi) is 4.69. The molecule has 0 radical (unpaired) electrons. The molecule has 0 aliphatic carbocycles. The Morgan fingerprint density at radius 1 is 1.57 bits per heavy atom. The summed E-state index contributed by atoms with van der Waals surface area (Å²) in [6.45, 7) is 1.81. The van der Waals surface area contributed by atoms with Crippen molar-refractivity contribution in [2.45, 2.75) is 19.4 Å². The van der Waals surface area contributed by atoms with Crippen molar-refractivity contribution >= 4 is 40.4 Å². The Bertz CT molecular complexity index is 631. The molecule has 1 aliphatic rings. The van der Waals surface area contributed by atoms with Crippen LogP contribution in [0.4, 0.5) is 5.69 Å². The Balaban J connectivity index is 2.29. The van der Waals surface area contributed by atoms with Gasteiger partial charge in [-0.2, -0.15) is 0 Å². The van der Waals surface area contributed by atoms with Crippen LogP contribution in [0.5, 0.6) is 5.75 Å². The minimum Gasteiger partial charge on any atom is -0.511 e. The Hall–Kier alpha value is -1.79. The molecule has 21 heavy (non-hydrogen) atoms. The number of ether oxygens (including phenoxy) is 1. The molecular formula is C14H15ClN2O3S. The molecule has 1 aromatic rings. The topological polar surface area (TPSA) is 70.6 Å². The van der Waals surface area contributed by atoms with Crippen LogP contribution in [0.15, 0.2) is 29.5 Å². The van der Waals surface area contributed by atoms with Gasteiger partial charge in [-0.25, -0.2) is 0 Å². The van der Waals surface area contributed by atoms with E-state index in [2.05, 4.69) is 10.6 Å². The number of carbonyl (C=O) groups is 1. The zero-order chi connectivity index (χ0) is 15.6. The van der Waals surface area contributed by atoms with E-state index in [9.17, 15) is 9.90 Å². The lowest BCUT2D eigenvalue weighted by Gasteiger charge is -2.23. The fraction of sp³-hybridized carbons (Fsp3) is 0.286. The third kappa shape index (κ3) is 3.28. The maximum Gasteiger partial charge on any atom is 0.257 e. The monoisotopic (exact) mass is 326 g/mol. The van der Waals surface area contributed by atoms with Crippen LogP contribution in [0.2, 0.25) is 5.02 Å². The van der Waals surface area contributed by atoms with Crippen molar-refractivity contribution in [2.24, 2.45) is 0 Å². The summed E-state index contributed by atoms with van der Waals surface area (Å²) in [5.74, 6) is 0.000631. The van der Waals surface area contributed by atoms with Crippen LogP contribution in [0.3, 0.4) is 0 Å². The first-order valence-electron chi connectivity index (χ1n) is 6.31. The van der Waals surface area contributed by atoms with Crippen LogP contribution < -0.4 is 15.4 Å². The maximum absolute atomic E-state index is 12.0. The Morgan fingerprint density at radius 2 is 2.29 bits per heavy atom. The second-order valence-corrected chi connectivity index (χ2v) is 5.49. The van der Waals surface area contributed by atoms with E-state index in [1.54, 1.807) is 25.1 Å². The second-order valence-electron chi connectivity index (χ2n) is 4.68. The molecule has 0 bridgehead atoms. The van der Waals surface area contributed by atoms with E-state index < -0.39 is 5.91 Å². The molecule has 0 aromatic heterocycles. The number of halogens is 1. The van der Waals surface area contributed by atoms with Crippen LogP contribution in [0.1, 0.15) is 13.3 Å². The standard InChI is InChI=1S/C14H15ClN2O3S/c1-7-6-10(18)11(13(19)16-7)14(21)17-9-5-3-4-8(15)12(9)20-2/h3-5,7,18H,6H2,1-2H3,(H,16,19)(H,17,21)/t7-/m1/s1. The first-order valence-corrected chi connectivity index (χ1v) is 7.09. The summed E-state index contributed by atoms with van der Waals surface area (Å²) in [6.07, 6.45) is 0.343. The van der Waals surface area contributed by atoms with Gasteiger partial charge in [0.15, 0.2) is 5.75 Å². The zero-order valence-corrected chi connectivity index (χ0v) is 13.1. The van der Waals surface area contributed by atoms with Gasteiger partial charge >= 0.3 is 0 Å². The summed E-state index contributed by atoms with van der Waals surface area (Å²) < 4.78 is 5.20. The molecule has 1 atom stereocenters. The third-order valence-corrected chi connectivity index (χ3v) is 3.64. The smallest absolute Gasteiger partial charge is 0.257 e. The number of methoxy groups -OCH3 is 1. The summed E-state index contributed by atoms with van der Waals surface area (Å²) in [5, 5.41) is 16.0. The van der Waals surface area contributed by atoms with Crippen molar-refractivity contribution in [3.05, 3.63) is 34.6 Å². The number of hydrogen-bond donors (Lipinski definition) is 3. The maximum atomic E-state index is 12.0. The molecular weight excluding hydrogens is 312 g/mol. The molecule has 3 N–H and O–H groups in total. The highest BCUT2D eigenvalue weighted by molar-refractivity contribution is 7.81. The SMILES string of the molecule is COc1c(Cl)cccc1NC(=S)C1=C(O)C[C@@H](C)NC1=O. The lowest BCUT2D eigenvalue weighted by molar-refractivity contribution is -0.118. The molecule has 1 heterocycles. The van der Waals surface area contributed by atoms with Gasteiger partial charge in [-0.15, -0.1) is 0 Å². The number of para-hydroxylation sites is 1. The van der Waals surface area contributed by atoms with E-state index in [4.69, 9.17) is 28.6 Å². The van der Waals surface area contributed by atoms with E-state index in [0.717, 1.165) is 0 Å². The quantitative estimate of drug-likeness (QED) is 0.745. The Morgan fingerprint density at radius 3 is 2.90 bits per heavy atom. The van der Waals surface area contributed by atoms with Crippen molar-refractivity contribution in [1.29, 1.82) is 0 Å². The number of anilines is 1. The number of aliphatic hydroxyl groups is 1. The lowest BCUT2D eigenvalue weighted by atomic mass is 10.0. The van der Waals surface area contributed by atoms with Crippen molar-refractivity contribution in [3.8, 4) is 5.75 Å². The molecule has 5 nitrogen and oxygen atoms in total. The summed E-state index contributed by atoms with van der Waals surface area (Å²) >= 11 is 11.2. The van der Waals surface area contributed by atoms with Gasteiger partial charge in [-0.3, -0.25) is 4.79 Å². The number of aliphatic hydroxyl groups excluding tert-OH is 1. The lowest BCUT2D eigenvalue weighted by Crippen LogP contribution is -2.41. The minimum atomic E-state index is -0.398. The number of amides is 1. The number of hydrogen-bond acceptors (Lipinski definition) is 4. The van der Waals surface area contributed by atoms with Gasteiger partial charge in [0.2, 0.25) is 0 Å². The molecule has 2 rings (SSSR count). The third-order valence-electron chi connectivity index (χ3n) is 3.04. The van der Waals surface area contributed by atoms with E-state index in [0.29, 0.717) is 22.9 Å². The molecule has 0 spiro atoms. The fourth-order valence-electron chi connectivity index (χ4n) is 2.10. The van der Waals surface area contributed by atoms with E-state index >= 15 is 0 Å². The van der Waals surface area contributed by atoms with Crippen molar-refractivity contribution in [1.82, 2.24) is 5.32 Å². The number of benzene rings is 1. The molecule has 1 aliphatic heterocycles. The van der Waals surface area contributed by atoms with Crippen LogP contribution in [0.25, 0.3) is 0 Å². The van der Waals surface area contributed by atoms with E-state index in [1.165, 1.54) is 7.11 Å². The van der Waals surface area contributed by atoms with Crippen LogP contribution in [-0.2, 0) is 4.79 Å². The van der Waals surface area contributed by atoms with Gasteiger partial charge in [-0.1, -0.05) is 29.9 Å². The normalized spacial score (nSPS) is 18.2. The van der Waals surface area contributed by atoms with Crippen molar-refractivity contribution in [2.75, 3.05) is 12.4 Å². The van der Waals surface area contributed by atoms with Crippen LogP contribution >= 0.6 is 23.8 Å². The van der Waals surface area contributed by atoms with Gasteiger partial charge in [0.25, 0.3) is 5.91 Å². The summed E-state index contributed by atoms with van der Waals surface area (Å²) in [6, 6.07) is 5.01. The summed E-state index contributed by atoms with van der Waals surface area (Å²) in [7, 11) is 1.49. The minimum absolute atomic E-state index is 0.0234. The molecule has 1 aromatic carbocycles. The molecule has 0 fully saturated rings. The highest BCUT2D eigenvalue weighted by atomic mass is 35.5. The van der Waals surface area contributed by atoms with Crippen molar-refractivity contribution < 1.29 is 14.6 Å². The van der Waals surface area contributed by atoms with Crippen LogP contribution in [0, 0.1) is 0 Å². The van der Waals surface area contributed by atoms with Gasteiger partial charge in [0.05, 0.1) is 17.8 Å². The van der Waals surface area contributed by atoms with Gasteiger partial charge in [0.1, 0.15) is 16.3 Å². The van der Waals surface area contributed by atoms with Gasteiger partial charge < -0.3 is 20.5 Å². The number of nitrogens with one attached hydrogen (secondary N) is 2. The molecule has 112 valence electrons. The van der Waals surface area contributed by atoms with E-state index in [-0.39, 0.29) is 22.4 Å². The molecule has 0 saturated heterocycles. The summed E-state index contributed by atoms with van der Waals surface area (Å²) in [5.41, 5.74) is 0.604. The first-order chi connectivity index (χ1) is 9.93. The van der Waals surface area contributed by atoms with E-state index in [1.807, 2.05) is 0 Å². The average Bonchev–Trinajstić information content (AvgIpc) is 2.37. The second kappa shape index (κ2) is 6.32. The highest BCUT2D eigenvalue weighted by Gasteiger charge is 2.27. The fourth-order valence-corrected chi connectivity index (χ4v) is 2.68. The molecule has 0 unspecified atom stereocenters. The summed E-state index contributed by atoms with van der Waals surface area (Å²) in [4.78, 5) is 12.1. The first kappa shape index (κ1) is 15.6. The number of thiocarbonyl (C=S) groups is 1. The zero-order valence-electron chi connectivity index (χ0n) is 11.6. The molecule has 1 amide bonds. The predicted octanol–water partition coefficient (Wildman–Crippen LogP) is 2.81. The largest absolute Gasteiger partial charge is 0.511 e. The average molecular weight is 327 g/mol. The molecule has 0 saturated carbocycles. The van der Waals surface area contributed by atoms with Gasteiger partial charge in [-0.05, 0) is 19.1 Å². The number of rotatable bonds is 3. The Labute approximate surface area is 132 Å². The highest BCUT2D eigenvalue weighted by Crippen LogP contribution is 2.33. The predicted molar refractivity (Wildman–Crippen MR) is 86.1 cm³/mol. The molecule has 7 heteroatoms. The number of carbonyl (C=O) groups excluding carboxylic acids is 1. The van der Waals surface area contributed by atoms with Crippen LogP contribution in [-0.4, -0.2) is 29.2 Å². The van der Waals surface area contributed by atoms with Crippen molar-refractivity contribution in [3.63, 3.8) is 0 Å².